The lowest BCUT2D eigenvalue weighted by molar-refractivity contribution is -0.130. The molecule has 0 aromatic heterocycles. The molecule has 1 saturated heterocycles. The number of hydrogen-bond donors (Lipinski definition) is 3. The molecule has 0 saturated carbocycles. The van der Waals surface area contributed by atoms with Crippen molar-refractivity contribution >= 4 is 29.2 Å². The quantitative estimate of drug-likeness (QED) is 0.624. The van der Waals surface area contributed by atoms with Crippen LogP contribution in [0.1, 0.15) is 48.7 Å². The van der Waals surface area contributed by atoms with Crippen LogP contribution in [0.15, 0.2) is 42.5 Å². The number of benzene rings is 2. The summed E-state index contributed by atoms with van der Waals surface area (Å²) < 4.78 is 5.00. The molecule has 3 N–H and O–H groups in total. The summed E-state index contributed by atoms with van der Waals surface area (Å²) >= 11 is 0. The van der Waals surface area contributed by atoms with Crippen LogP contribution in [0.25, 0.3) is 0 Å². The van der Waals surface area contributed by atoms with Crippen LogP contribution >= 0.6 is 0 Å². The molecule has 3 atom stereocenters. The van der Waals surface area contributed by atoms with Gasteiger partial charge >= 0.3 is 5.97 Å². The summed E-state index contributed by atoms with van der Waals surface area (Å²) in [7, 11) is 0. The van der Waals surface area contributed by atoms with E-state index in [0.717, 1.165) is 16.8 Å². The highest BCUT2D eigenvalue weighted by molar-refractivity contribution is 6.10. The Morgan fingerprint density at radius 3 is 2.56 bits per heavy atom. The number of anilines is 2. The van der Waals surface area contributed by atoms with Crippen molar-refractivity contribution in [1.82, 2.24) is 5.32 Å². The fourth-order valence-electron chi connectivity index (χ4n) is 4.68. The first kappa shape index (κ1) is 22.0. The van der Waals surface area contributed by atoms with E-state index in [4.69, 9.17) is 4.74 Å². The zero-order valence-corrected chi connectivity index (χ0v) is 18.8. The lowest BCUT2D eigenvalue weighted by Crippen LogP contribution is -2.52. The van der Waals surface area contributed by atoms with E-state index >= 15 is 0 Å². The summed E-state index contributed by atoms with van der Waals surface area (Å²) in [6, 6.07) is 12.4. The Morgan fingerprint density at radius 1 is 1.19 bits per heavy atom. The second-order valence-corrected chi connectivity index (χ2v) is 8.88. The number of ether oxygens (including phenoxy) is 1. The van der Waals surface area contributed by atoms with Crippen molar-refractivity contribution in [1.29, 1.82) is 0 Å². The molecule has 0 radical (unpaired) electrons. The van der Waals surface area contributed by atoms with Crippen LogP contribution in [0.4, 0.5) is 11.4 Å². The number of rotatable bonds is 5. The van der Waals surface area contributed by atoms with Crippen LogP contribution in [0.3, 0.4) is 0 Å². The average Bonchev–Trinajstić information content (AvgIpc) is 3.29. The van der Waals surface area contributed by atoms with E-state index < -0.39 is 17.4 Å². The van der Waals surface area contributed by atoms with E-state index in [1.807, 2.05) is 25.1 Å². The van der Waals surface area contributed by atoms with Crippen LogP contribution in [0.5, 0.6) is 0 Å². The molecule has 0 bridgehead atoms. The van der Waals surface area contributed by atoms with Crippen LogP contribution in [0, 0.1) is 18.8 Å². The fourth-order valence-corrected chi connectivity index (χ4v) is 4.68. The normalized spacial score (nSPS) is 23.8. The Bertz CT molecular complexity index is 1060. The molecule has 2 aliphatic heterocycles. The smallest absolute Gasteiger partial charge is 0.338 e. The molecule has 1 fully saturated rings. The second-order valence-electron chi connectivity index (χ2n) is 8.88. The Kier molecular flexibility index (Phi) is 5.77. The third kappa shape index (κ3) is 3.66. The standard InChI is InChI=1S/C25H29N3O4/c1-5-32-23(30)16-7-9-17(10-8-16)26-22(29)19-13-21(14(2)3)28-25(19)18-12-15(4)6-11-20(18)27-24(25)31/h6-12,14,19,21,28H,5,13H2,1-4H3,(H,26,29)(H,27,31)/t19-,21-,25+/m1/s1. The number of hydrogen-bond acceptors (Lipinski definition) is 5. The van der Waals surface area contributed by atoms with Crippen LogP contribution in [-0.4, -0.2) is 30.4 Å². The van der Waals surface area contributed by atoms with Crippen molar-refractivity contribution < 1.29 is 19.1 Å². The van der Waals surface area contributed by atoms with Crippen molar-refractivity contribution in [2.24, 2.45) is 11.8 Å². The van der Waals surface area contributed by atoms with E-state index in [-0.39, 0.29) is 23.8 Å². The number of fused-ring (bicyclic) bond motifs is 2. The number of amides is 2. The Labute approximate surface area is 187 Å². The van der Waals surface area contributed by atoms with Crippen LogP contribution < -0.4 is 16.0 Å². The van der Waals surface area contributed by atoms with Gasteiger partial charge in [-0.3, -0.25) is 14.9 Å². The molecule has 1 spiro atoms. The van der Waals surface area contributed by atoms with Gasteiger partial charge in [-0.1, -0.05) is 31.5 Å². The van der Waals surface area contributed by atoms with Gasteiger partial charge in [0.2, 0.25) is 11.8 Å². The largest absolute Gasteiger partial charge is 0.462 e. The predicted molar refractivity (Wildman–Crippen MR) is 122 cm³/mol. The van der Waals surface area contributed by atoms with Gasteiger partial charge in [0, 0.05) is 23.0 Å². The molecule has 2 aromatic carbocycles. The van der Waals surface area contributed by atoms with E-state index in [9.17, 15) is 14.4 Å². The van der Waals surface area contributed by atoms with Crippen molar-refractivity contribution in [3.8, 4) is 0 Å². The summed E-state index contributed by atoms with van der Waals surface area (Å²) in [4.78, 5) is 38.6. The van der Waals surface area contributed by atoms with Gasteiger partial charge in [0.05, 0.1) is 18.1 Å². The van der Waals surface area contributed by atoms with Crippen LogP contribution in [-0.2, 0) is 19.9 Å². The van der Waals surface area contributed by atoms with Gasteiger partial charge < -0.3 is 15.4 Å². The van der Waals surface area contributed by atoms with Gasteiger partial charge in [-0.25, -0.2) is 4.79 Å². The Morgan fingerprint density at radius 2 is 1.91 bits per heavy atom. The SMILES string of the molecule is CCOC(=O)c1ccc(NC(=O)[C@H]2C[C@H](C(C)C)N[C@]23C(=O)Nc2ccc(C)cc23)cc1. The molecule has 0 aliphatic carbocycles. The zero-order valence-electron chi connectivity index (χ0n) is 18.8. The molecule has 32 heavy (non-hydrogen) atoms. The molecule has 2 heterocycles. The minimum Gasteiger partial charge on any atom is -0.462 e. The van der Waals surface area contributed by atoms with E-state index in [2.05, 4.69) is 29.8 Å². The number of nitrogens with one attached hydrogen (secondary N) is 3. The van der Waals surface area contributed by atoms with Gasteiger partial charge in [0.15, 0.2) is 0 Å². The summed E-state index contributed by atoms with van der Waals surface area (Å²) in [5.74, 6) is -1.15. The topological polar surface area (TPSA) is 96.5 Å². The first-order valence-electron chi connectivity index (χ1n) is 11.0. The number of aryl methyl sites for hydroxylation is 1. The van der Waals surface area contributed by atoms with Crippen molar-refractivity contribution in [3.63, 3.8) is 0 Å². The van der Waals surface area contributed by atoms with Gasteiger partial charge in [-0.2, -0.15) is 0 Å². The highest BCUT2D eigenvalue weighted by Gasteiger charge is 2.60. The number of esters is 1. The second kappa shape index (κ2) is 8.39. The molecule has 7 nitrogen and oxygen atoms in total. The van der Waals surface area contributed by atoms with Gasteiger partial charge in [0.1, 0.15) is 5.54 Å². The maximum Gasteiger partial charge on any atom is 0.338 e. The fraction of sp³-hybridized carbons (Fsp3) is 0.400. The lowest BCUT2D eigenvalue weighted by Gasteiger charge is -2.30. The van der Waals surface area contributed by atoms with Gasteiger partial charge in [-0.15, -0.1) is 0 Å². The third-order valence-corrected chi connectivity index (χ3v) is 6.42. The van der Waals surface area contributed by atoms with Gasteiger partial charge in [-0.05, 0) is 56.5 Å². The molecule has 4 rings (SSSR count). The molecule has 0 unspecified atom stereocenters. The predicted octanol–water partition coefficient (Wildman–Crippen LogP) is 3.59. The Hall–Kier alpha value is -3.19. The lowest BCUT2D eigenvalue weighted by atomic mass is 9.79. The minimum atomic E-state index is -1.11. The average molecular weight is 436 g/mol. The maximum atomic E-state index is 13.5. The van der Waals surface area contributed by atoms with Gasteiger partial charge in [0.25, 0.3) is 0 Å². The van der Waals surface area contributed by atoms with Crippen molar-refractivity contribution in [2.75, 3.05) is 17.2 Å². The van der Waals surface area contributed by atoms with Crippen LogP contribution in [0.2, 0.25) is 0 Å². The summed E-state index contributed by atoms with van der Waals surface area (Å²) in [5.41, 5.74) is 2.48. The molecular formula is C25H29N3O4. The molecular weight excluding hydrogens is 406 g/mol. The highest BCUT2D eigenvalue weighted by Crippen LogP contribution is 2.48. The van der Waals surface area contributed by atoms with E-state index in [0.29, 0.717) is 24.3 Å². The van der Waals surface area contributed by atoms with Crippen molar-refractivity contribution in [2.45, 2.75) is 45.7 Å². The van der Waals surface area contributed by atoms with E-state index in [1.165, 1.54) is 0 Å². The third-order valence-electron chi connectivity index (χ3n) is 6.42. The molecule has 168 valence electrons. The summed E-state index contributed by atoms with van der Waals surface area (Å²) in [5, 5.41) is 9.43. The first-order valence-corrected chi connectivity index (χ1v) is 11.0. The molecule has 2 amide bonds. The Balaban J connectivity index is 1.64. The molecule has 2 aliphatic rings. The maximum absolute atomic E-state index is 13.5. The number of carbonyl (C=O) groups is 3. The summed E-state index contributed by atoms with van der Waals surface area (Å²) in [6.45, 7) is 8.20. The minimum absolute atomic E-state index is 0.0224. The zero-order chi connectivity index (χ0) is 23.0. The molecule has 7 heteroatoms. The molecule has 2 aromatic rings. The van der Waals surface area contributed by atoms with Crippen molar-refractivity contribution in [3.05, 3.63) is 59.2 Å². The first-order chi connectivity index (χ1) is 15.3. The monoisotopic (exact) mass is 435 g/mol. The highest BCUT2D eigenvalue weighted by atomic mass is 16.5. The summed E-state index contributed by atoms with van der Waals surface area (Å²) in [6.07, 6.45) is 0.547. The van der Waals surface area contributed by atoms with E-state index in [1.54, 1.807) is 31.2 Å². The number of carbonyl (C=O) groups excluding carboxylic acids is 3.